The molecule has 0 aromatic rings. The fourth-order valence-corrected chi connectivity index (χ4v) is 10.5. The van der Waals surface area contributed by atoms with Gasteiger partial charge in [-0.15, -0.1) is 0 Å². The molecular formula is C28H39NO4S. The summed E-state index contributed by atoms with van der Waals surface area (Å²) in [5.41, 5.74) is 0.242. The maximum absolute atomic E-state index is 12.3. The maximum atomic E-state index is 12.3. The minimum Gasteiger partial charge on any atom is -0.390 e. The van der Waals surface area contributed by atoms with Crippen LogP contribution in [-0.4, -0.2) is 45.0 Å². The summed E-state index contributed by atoms with van der Waals surface area (Å²) in [6, 6.07) is 0. The van der Waals surface area contributed by atoms with Crippen LogP contribution in [0.1, 0.15) is 78.1 Å². The van der Waals surface area contributed by atoms with Crippen LogP contribution in [0.15, 0.2) is 5.57 Å². The van der Waals surface area contributed by atoms with Gasteiger partial charge in [0.2, 0.25) is 5.91 Å². The first-order chi connectivity index (χ1) is 16.2. The fraction of sp³-hybridized carbons (Fsp3) is 0.857. The first kappa shape index (κ1) is 23.3. The summed E-state index contributed by atoms with van der Waals surface area (Å²) in [7, 11) is 0. The number of hydrogen-bond donors (Lipinski definition) is 1. The quantitative estimate of drug-likeness (QED) is 0.561. The number of imide groups is 1. The van der Waals surface area contributed by atoms with Gasteiger partial charge in [0, 0.05) is 5.57 Å². The third-order valence-corrected chi connectivity index (χ3v) is 12.1. The Labute approximate surface area is 207 Å². The molecule has 0 aromatic heterocycles. The van der Waals surface area contributed by atoms with E-state index in [1.54, 1.807) is 0 Å². The van der Waals surface area contributed by atoms with Gasteiger partial charge in [-0.2, -0.15) is 0 Å². The Morgan fingerprint density at radius 3 is 2.41 bits per heavy atom. The van der Waals surface area contributed by atoms with Crippen molar-refractivity contribution in [2.24, 2.45) is 52.8 Å². The smallest absolute Gasteiger partial charge is 0.289 e. The molecule has 5 aliphatic carbocycles. The number of nitrogens with zero attached hydrogens (tertiary/aromatic N) is 1. The Balaban J connectivity index is 1.28. The summed E-state index contributed by atoms with van der Waals surface area (Å²) in [5.74, 6) is 7.40. The molecule has 34 heavy (non-hydrogen) atoms. The zero-order valence-corrected chi connectivity index (χ0v) is 21.4. The molecule has 1 heterocycles. The van der Waals surface area contributed by atoms with Crippen molar-refractivity contribution in [2.45, 2.75) is 83.7 Å². The molecule has 0 aromatic carbocycles. The topological polar surface area (TPSA) is 74.7 Å². The Kier molecular flexibility index (Phi) is 5.63. The zero-order chi connectivity index (χ0) is 23.8. The van der Waals surface area contributed by atoms with Crippen molar-refractivity contribution >= 4 is 28.8 Å². The predicted octanol–water partition coefficient (Wildman–Crippen LogP) is 5.10. The van der Waals surface area contributed by atoms with Crippen molar-refractivity contribution in [2.75, 3.05) is 12.3 Å². The van der Waals surface area contributed by atoms with Gasteiger partial charge in [0.1, 0.15) is 5.94 Å². The molecular weight excluding hydrogens is 446 g/mol. The number of amides is 2. The molecule has 1 saturated heterocycles. The summed E-state index contributed by atoms with van der Waals surface area (Å²) in [6.45, 7) is 4.60. The molecule has 0 unspecified atom stereocenters. The van der Waals surface area contributed by atoms with Gasteiger partial charge < -0.3 is 5.11 Å². The van der Waals surface area contributed by atoms with Crippen LogP contribution in [0.2, 0.25) is 0 Å². The summed E-state index contributed by atoms with van der Waals surface area (Å²) >= 11 is 1.05. The van der Waals surface area contributed by atoms with Crippen LogP contribution in [-0.2, 0) is 9.59 Å². The van der Waals surface area contributed by atoms with Crippen molar-refractivity contribution in [1.82, 2.24) is 4.90 Å². The van der Waals surface area contributed by atoms with Gasteiger partial charge in [-0.3, -0.25) is 14.5 Å². The second-order valence-corrected chi connectivity index (χ2v) is 14.0. The number of rotatable bonds is 4. The highest BCUT2D eigenvalue weighted by molar-refractivity contribution is 8.14. The van der Waals surface area contributed by atoms with Gasteiger partial charge in [0.25, 0.3) is 5.24 Å². The van der Waals surface area contributed by atoms with E-state index in [9.17, 15) is 19.5 Å². The lowest BCUT2D eigenvalue weighted by atomic mass is 9.48. The molecule has 6 fully saturated rings. The molecule has 186 valence electrons. The molecule has 5 nitrogen and oxygen atoms in total. The Morgan fingerprint density at radius 2 is 1.74 bits per heavy atom. The number of aliphatic hydroxyl groups is 1. The molecule has 1 aliphatic heterocycles. The van der Waals surface area contributed by atoms with E-state index in [4.69, 9.17) is 0 Å². The Hall–Kier alpha value is -1.10. The maximum Gasteiger partial charge on any atom is 0.289 e. The Morgan fingerprint density at radius 1 is 1.00 bits per heavy atom. The molecule has 6 heteroatoms. The lowest BCUT2D eigenvalue weighted by Gasteiger charge is -2.58. The van der Waals surface area contributed by atoms with E-state index in [-0.39, 0.29) is 34.8 Å². The minimum absolute atomic E-state index is 0.0626. The van der Waals surface area contributed by atoms with E-state index < -0.39 is 5.60 Å². The third-order valence-electron chi connectivity index (χ3n) is 11.2. The molecule has 9 atom stereocenters. The SMILES string of the molecule is C[C@@]1(O)CC[C@H]2[C@H](CC[C@@H]3[C@@H]2CC[C@@]2(C)[C@H]3[C@H](C3CC3)C[C@@H]2C(=C=O)CN2C(=O)CSC2=O)C1. The van der Waals surface area contributed by atoms with Crippen molar-refractivity contribution in [3.63, 3.8) is 0 Å². The normalized spacial score (nSPS) is 48.2. The van der Waals surface area contributed by atoms with E-state index in [2.05, 4.69) is 12.9 Å². The van der Waals surface area contributed by atoms with Crippen LogP contribution in [0.25, 0.3) is 0 Å². The summed E-state index contributed by atoms with van der Waals surface area (Å²) in [5, 5.41) is 10.5. The zero-order valence-electron chi connectivity index (χ0n) is 20.6. The Bertz CT molecular complexity index is 921. The van der Waals surface area contributed by atoms with E-state index >= 15 is 0 Å². The number of carbonyl (C=O) groups excluding carboxylic acids is 3. The second kappa shape index (κ2) is 8.21. The first-order valence-corrected chi connectivity index (χ1v) is 14.6. The first-order valence-electron chi connectivity index (χ1n) is 13.7. The fourth-order valence-electron chi connectivity index (χ4n) is 9.73. The van der Waals surface area contributed by atoms with Crippen LogP contribution in [0.3, 0.4) is 0 Å². The van der Waals surface area contributed by atoms with Crippen molar-refractivity contribution in [3.8, 4) is 0 Å². The van der Waals surface area contributed by atoms with Crippen LogP contribution in [0.5, 0.6) is 0 Å². The van der Waals surface area contributed by atoms with E-state index in [1.807, 2.05) is 6.92 Å². The van der Waals surface area contributed by atoms with E-state index in [1.165, 1.54) is 37.0 Å². The average molecular weight is 486 g/mol. The molecule has 0 spiro atoms. The minimum atomic E-state index is -0.488. The van der Waals surface area contributed by atoms with Crippen molar-refractivity contribution in [3.05, 3.63) is 5.57 Å². The van der Waals surface area contributed by atoms with Gasteiger partial charge >= 0.3 is 0 Å². The van der Waals surface area contributed by atoms with Gasteiger partial charge in [0.15, 0.2) is 0 Å². The predicted molar refractivity (Wildman–Crippen MR) is 132 cm³/mol. The highest BCUT2D eigenvalue weighted by atomic mass is 32.2. The molecule has 0 radical (unpaired) electrons. The summed E-state index contributed by atoms with van der Waals surface area (Å²) in [4.78, 5) is 38.1. The molecule has 6 aliphatic rings. The lowest BCUT2D eigenvalue weighted by Crippen LogP contribution is -2.52. The largest absolute Gasteiger partial charge is 0.390 e. The highest BCUT2D eigenvalue weighted by Crippen LogP contribution is 2.70. The van der Waals surface area contributed by atoms with Crippen molar-refractivity contribution in [1.29, 1.82) is 0 Å². The highest BCUT2D eigenvalue weighted by Gasteiger charge is 2.63. The average Bonchev–Trinajstić information content (AvgIpc) is 3.53. The molecule has 6 rings (SSSR count). The van der Waals surface area contributed by atoms with Gasteiger partial charge in [-0.05, 0) is 124 Å². The van der Waals surface area contributed by atoms with Crippen LogP contribution in [0.4, 0.5) is 4.79 Å². The summed E-state index contributed by atoms with van der Waals surface area (Å²) < 4.78 is 0. The third kappa shape index (κ3) is 3.66. The van der Waals surface area contributed by atoms with E-state index in [0.29, 0.717) is 23.3 Å². The summed E-state index contributed by atoms with van der Waals surface area (Å²) in [6.07, 6.45) is 11.6. The second-order valence-electron chi connectivity index (χ2n) is 13.1. The number of thioether (sulfide) groups is 1. The molecule has 0 bridgehead atoms. The molecule has 1 N–H and O–H groups in total. The molecule has 5 saturated carbocycles. The van der Waals surface area contributed by atoms with E-state index in [0.717, 1.165) is 67.5 Å². The number of carbonyl (C=O) groups is 2. The van der Waals surface area contributed by atoms with Crippen LogP contribution < -0.4 is 0 Å². The lowest BCUT2D eigenvalue weighted by molar-refractivity contribution is -0.124. The molecule has 2 amide bonds. The number of fused-ring (bicyclic) bond motifs is 5. The van der Waals surface area contributed by atoms with Crippen molar-refractivity contribution < 1.29 is 19.5 Å². The monoisotopic (exact) mass is 485 g/mol. The van der Waals surface area contributed by atoms with Gasteiger partial charge in [-0.25, -0.2) is 4.79 Å². The van der Waals surface area contributed by atoms with Crippen LogP contribution >= 0.6 is 11.8 Å². The standard InChI is InChI=1S/C28H39NO4S/c1-27(33)9-7-19-17(12-27)5-6-21-20(19)8-10-28(2)23(11-22(25(21)28)16-3-4-16)18(14-30)13-29-24(31)15-34-26(29)32/h16-17,19-23,25,33H,3-13,15H2,1-2H3/t17-,19+,20-,21-,22+,23-,25-,27-,28-/m1/s1. The van der Waals surface area contributed by atoms with Crippen LogP contribution in [0, 0.1) is 52.8 Å². The van der Waals surface area contributed by atoms with Gasteiger partial charge in [0.05, 0.1) is 17.9 Å². The number of hydrogen-bond acceptors (Lipinski definition) is 5. The van der Waals surface area contributed by atoms with Gasteiger partial charge in [-0.1, -0.05) is 18.7 Å².